The molecule has 0 aromatic carbocycles. The topological polar surface area (TPSA) is 97.0 Å². The van der Waals surface area contributed by atoms with Crippen molar-refractivity contribution in [1.82, 2.24) is 19.9 Å². The van der Waals surface area contributed by atoms with E-state index >= 15 is 0 Å². The summed E-state index contributed by atoms with van der Waals surface area (Å²) in [6, 6.07) is 1.91. The van der Waals surface area contributed by atoms with Crippen LogP contribution < -0.4 is 11.1 Å². The van der Waals surface area contributed by atoms with E-state index in [0.717, 1.165) is 47.5 Å². The Morgan fingerprint density at radius 3 is 2.92 bits per heavy atom. The molecule has 1 aliphatic heterocycles. The first-order valence-corrected chi connectivity index (χ1v) is 8.95. The smallest absolute Gasteiger partial charge is 0.236 e. The van der Waals surface area contributed by atoms with Crippen molar-refractivity contribution >= 4 is 28.2 Å². The van der Waals surface area contributed by atoms with Crippen molar-refractivity contribution in [2.24, 2.45) is 5.73 Å². The van der Waals surface area contributed by atoms with Gasteiger partial charge >= 0.3 is 0 Å². The molecule has 1 aliphatic rings. The standard InChI is InChI=1S/C16H22N6OS/c1-10-6-13(21-16-19-11(2)9-24-16)20-15(18-10)12-4-3-5-22(8-12)14(23)7-17/h6,9,12H,3-5,7-8,17H2,1-2H3,(H,18,19,20,21)/t12-/m1/s1. The van der Waals surface area contributed by atoms with Crippen molar-refractivity contribution in [3.8, 4) is 0 Å². The first-order chi connectivity index (χ1) is 11.5. The molecule has 1 saturated heterocycles. The van der Waals surface area contributed by atoms with Crippen LogP contribution in [0.2, 0.25) is 0 Å². The molecule has 1 fully saturated rings. The van der Waals surface area contributed by atoms with Gasteiger partial charge in [-0.05, 0) is 26.7 Å². The molecule has 3 N–H and O–H groups in total. The summed E-state index contributed by atoms with van der Waals surface area (Å²) < 4.78 is 0. The largest absolute Gasteiger partial charge is 0.341 e. The number of nitrogens with two attached hydrogens (primary N) is 1. The molecule has 0 bridgehead atoms. The molecule has 0 spiro atoms. The number of carbonyl (C=O) groups excluding carboxylic acids is 1. The second kappa shape index (κ2) is 7.23. The van der Waals surface area contributed by atoms with Gasteiger partial charge in [0.1, 0.15) is 11.6 Å². The van der Waals surface area contributed by atoms with Gasteiger partial charge in [-0.2, -0.15) is 0 Å². The third-order valence-electron chi connectivity index (χ3n) is 4.04. The zero-order valence-electron chi connectivity index (χ0n) is 14.0. The number of likely N-dealkylation sites (tertiary alicyclic amines) is 1. The molecule has 1 amide bonds. The minimum atomic E-state index is -0.0102. The number of aromatic nitrogens is 3. The summed E-state index contributed by atoms with van der Waals surface area (Å²) in [4.78, 5) is 27.3. The van der Waals surface area contributed by atoms with Gasteiger partial charge in [-0.1, -0.05) is 0 Å². The predicted molar refractivity (Wildman–Crippen MR) is 94.5 cm³/mol. The summed E-state index contributed by atoms with van der Waals surface area (Å²) in [5.74, 6) is 1.66. The summed E-state index contributed by atoms with van der Waals surface area (Å²) in [5.41, 5.74) is 7.37. The Labute approximate surface area is 145 Å². The van der Waals surface area contributed by atoms with E-state index < -0.39 is 0 Å². The molecular weight excluding hydrogens is 324 g/mol. The van der Waals surface area contributed by atoms with Crippen molar-refractivity contribution < 1.29 is 4.79 Å². The molecule has 2 aromatic rings. The van der Waals surface area contributed by atoms with Crippen molar-refractivity contribution in [1.29, 1.82) is 0 Å². The lowest BCUT2D eigenvalue weighted by Crippen LogP contribution is -2.42. The van der Waals surface area contributed by atoms with Gasteiger partial charge in [0.15, 0.2) is 5.13 Å². The van der Waals surface area contributed by atoms with Crippen LogP contribution in [0, 0.1) is 13.8 Å². The number of hydrogen-bond acceptors (Lipinski definition) is 7. The maximum absolute atomic E-state index is 11.9. The molecule has 0 unspecified atom stereocenters. The van der Waals surface area contributed by atoms with Gasteiger partial charge in [0.25, 0.3) is 0 Å². The van der Waals surface area contributed by atoms with E-state index in [1.165, 1.54) is 0 Å². The highest BCUT2D eigenvalue weighted by molar-refractivity contribution is 7.13. The van der Waals surface area contributed by atoms with E-state index in [9.17, 15) is 4.79 Å². The summed E-state index contributed by atoms with van der Waals surface area (Å²) >= 11 is 1.55. The molecule has 7 nitrogen and oxygen atoms in total. The maximum Gasteiger partial charge on any atom is 0.236 e. The monoisotopic (exact) mass is 346 g/mol. The first-order valence-electron chi connectivity index (χ1n) is 8.07. The summed E-state index contributed by atoms with van der Waals surface area (Å²) in [6.45, 7) is 5.37. The van der Waals surface area contributed by atoms with Gasteiger partial charge in [-0.3, -0.25) is 4.79 Å². The third kappa shape index (κ3) is 3.88. The van der Waals surface area contributed by atoms with Crippen LogP contribution in [0.15, 0.2) is 11.4 Å². The number of piperidine rings is 1. The summed E-state index contributed by atoms with van der Waals surface area (Å²) in [7, 11) is 0. The fourth-order valence-corrected chi connectivity index (χ4v) is 3.60. The number of anilines is 2. The lowest BCUT2D eigenvalue weighted by molar-refractivity contribution is -0.130. The number of hydrogen-bond donors (Lipinski definition) is 2. The zero-order chi connectivity index (χ0) is 17.1. The van der Waals surface area contributed by atoms with Gasteiger partial charge < -0.3 is 16.0 Å². The first kappa shape index (κ1) is 16.8. The van der Waals surface area contributed by atoms with E-state index in [-0.39, 0.29) is 18.4 Å². The normalized spacial score (nSPS) is 17.8. The number of aryl methyl sites for hydroxylation is 2. The molecular formula is C16H22N6OS. The van der Waals surface area contributed by atoms with Crippen LogP contribution in [-0.4, -0.2) is 45.4 Å². The average Bonchev–Trinajstić information content (AvgIpc) is 2.98. The van der Waals surface area contributed by atoms with Crippen molar-refractivity contribution in [2.45, 2.75) is 32.6 Å². The molecule has 0 aliphatic carbocycles. The van der Waals surface area contributed by atoms with Crippen LogP contribution in [0.3, 0.4) is 0 Å². The molecule has 0 saturated carbocycles. The number of nitrogens with one attached hydrogen (secondary N) is 1. The summed E-state index contributed by atoms with van der Waals surface area (Å²) in [6.07, 6.45) is 1.93. The van der Waals surface area contributed by atoms with E-state index in [2.05, 4.69) is 20.3 Å². The number of nitrogens with zero attached hydrogens (tertiary/aromatic N) is 4. The Kier molecular flexibility index (Phi) is 5.06. The fraction of sp³-hybridized carbons (Fsp3) is 0.500. The molecule has 0 radical (unpaired) electrons. The molecule has 2 aromatic heterocycles. The van der Waals surface area contributed by atoms with Crippen LogP contribution in [-0.2, 0) is 4.79 Å². The highest BCUT2D eigenvalue weighted by Gasteiger charge is 2.26. The van der Waals surface area contributed by atoms with Gasteiger partial charge in [0, 0.05) is 36.1 Å². The number of amides is 1. The minimum absolute atomic E-state index is 0.0102. The van der Waals surface area contributed by atoms with E-state index in [1.807, 2.05) is 30.2 Å². The minimum Gasteiger partial charge on any atom is -0.341 e. The average molecular weight is 346 g/mol. The Balaban J connectivity index is 1.79. The van der Waals surface area contributed by atoms with E-state index in [0.29, 0.717) is 6.54 Å². The van der Waals surface area contributed by atoms with E-state index in [4.69, 9.17) is 5.73 Å². The van der Waals surface area contributed by atoms with Crippen molar-refractivity contribution in [3.63, 3.8) is 0 Å². The Hall–Kier alpha value is -2.06. The van der Waals surface area contributed by atoms with Gasteiger partial charge in [-0.15, -0.1) is 11.3 Å². The quantitative estimate of drug-likeness (QED) is 0.878. The third-order valence-corrected chi connectivity index (χ3v) is 4.91. The molecule has 3 rings (SSSR count). The zero-order valence-corrected chi connectivity index (χ0v) is 14.8. The second-order valence-corrected chi connectivity index (χ2v) is 6.91. The van der Waals surface area contributed by atoms with Crippen LogP contribution in [0.1, 0.15) is 36.0 Å². The second-order valence-electron chi connectivity index (χ2n) is 6.05. The molecule has 8 heteroatoms. The molecule has 3 heterocycles. The SMILES string of the molecule is Cc1cc(Nc2nc(C)cs2)nc([C@@H]2CCCN(C(=O)CN)C2)n1. The highest BCUT2D eigenvalue weighted by atomic mass is 32.1. The highest BCUT2D eigenvalue weighted by Crippen LogP contribution is 2.27. The fourth-order valence-electron chi connectivity index (χ4n) is 2.90. The predicted octanol–water partition coefficient (Wildman–Crippen LogP) is 1.96. The van der Waals surface area contributed by atoms with Crippen LogP contribution in [0.4, 0.5) is 10.9 Å². The maximum atomic E-state index is 11.9. The lowest BCUT2D eigenvalue weighted by atomic mass is 9.97. The molecule has 128 valence electrons. The number of carbonyl (C=O) groups is 1. The Morgan fingerprint density at radius 1 is 1.38 bits per heavy atom. The van der Waals surface area contributed by atoms with Gasteiger partial charge in [0.05, 0.1) is 12.2 Å². The van der Waals surface area contributed by atoms with Crippen molar-refractivity contribution in [3.05, 3.63) is 28.7 Å². The van der Waals surface area contributed by atoms with Gasteiger partial charge in [0.2, 0.25) is 5.91 Å². The van der Waals surface area contributed by atoms with Crippen LogP contribution in [0.5, 0.6) is 0 Å². The van der Waals surface area contributed by atoms with E-state index in [1.54, 1.807) is 11.3 Å². The van der Waals surface area contributed by atoms with Crippen LogP contribution in [0.25, 0.3) is 0 Å². The Morgan fingerprint density at radius 2 is 2.21 bits per heavy atom. The number of rotatable bonds is 4. The van der Waals surface area contributed by atoms with Crippen LogP contribution >= 0.6 is 11.3 Å². The van der Waals surface area contributed by atoms with Crippen molar-refractivity contribution in [2.75, 3.05) is 25.0 Å². The Bertz CT molecular complexity index is 731. The summed E-state index contributed by atoms with van der Waals surface area (Å²) in [5, 5.41) is 6.06. The lowest BCUT2D eigenvalue weighted by Gasteiger charge is -2.32. The number of thiazole rings is 1. The molecule has 1 atom stereocenters. The van der Waals surface area contributed by atoms with Gasteiger partial charge in [-0.25, -0.2) is 15.0 Å². The molecule has 24 heavy (non-hydrogen) atoms.